The van der Waals surface area contributed by atoms with E-state index in [1.807, 2.05) is 13.0 Å². The summed E-state index contributed by atoms with van der Waals surface area (Å²) < 4.78 is 52.5. The zero-order valence-corrected chi connectivity index (χ0v) is 20.0. The number of hydrogen-bond acceptors (Lipinski definition) is 6. The Morgan fingerprint density at radius 3 is 2.05 bits per heavy atom. The van der Waals surface area contributed by atoms with Crippen molar-refractivity contribution in [2.24, 2.45) is 0 Å². The Morgan fingerprint density at radius 2 is 1.51 bits per heavy atom. The largest absolute Gasteiger partial charge is 0.573 e. The number of halogens is 3. The first-order valence-corrected chi connectivity index (χ1v) is 11.0. The minimum absolute atomic E-state index is 0.0806. The second-order valence-corrected chi connectivity index (χ2v) is 8.16. The summed E-state index contributed by atoms with van der Waals surface area (Å²) >= 11 is 0. The van der Waals surface area contributed by atoms with E-state index in [-0.39, 0.29) is 28.3 Å². The highest BCUT2D eigenvalue weighted by Crippen LogP contribution is 2.45. The lowest BCUT2D eigenvalue weighted by molar-refractivity contribution is -0.274. The summed E-state index contributed by atoms with van der Waals surface area (Å²) in [5.41, 5.74) is 1.32. The molecular formula is C27H22F3NO6. The summed E-state index contributed by atoms with van der Waals surface area (Å²) in [5, 5.41) is 11.4. The predicted molar refractivity (Wildman–Crippen MR) is 129 cm³/mol. The van der Waals surface area contributed by atoms with Gasteiger partial charge in [-0.15, -0.1) is 13.2 Å². The summed E-state index contributed by atoms with van der Waals surface area (Å²) in [4.78, 5) is 27.8. The first-order chi connectivity index (χ1) is 17.6. The number of ketones is 1. The van der Waals surface area contributed by atoms with Crippen molar-refractivity contribution in [3.8, 4) is 17.2 Å². The molecule has 0 aliphatic carbocycles. The van der Waals surface area contributed by atoms with Crippen molar-refractivity contribution < 1.29 is 42.1 Å². The Kier molecular flexibility index (Phi) is 6.84. The van der Waals surface area contributed by atoms with E-state index in [4.69, 9.17) is 9.47 Å². The fraction of sp³-hybridized carbons (Fsp3) is 0.185. The molecule has 1 aliphatic heterocycles. The van der Waals surface area contributed by atoms with E-state index >= 15 is 0 Å². The van der Waals surface area contributed by atoms with Crippen LogP contribution in [0, 0.1) is 6.92 Å². The number of anilines is 1. The van der Waals surface area contributed by atoms with Crippen LogP contribution in [-0.4, -0.2) is 37.4 Å². The van der Waals surface area contributed by atoms with Crippen LogP contribution >= 0.6 is 0 Å². The van der Waals surface area contributed by atoms with E-state index in [2.05, 4.69) is 4.74 Å². The van der Waals surface area contributed by atoms with E-state index < -0.39 is 35.6 Å². The van der Waals surface area contributed by atoms with Gasteiger partial charge in [-0.3, -0.25) is 14.5 Å². The normalized spacial score (nSPS) is 17.1. The number of rotatable bonds is 6. The molecule has 4 rings (SSSR count). The molecular weight excluding hydrogens is 491 g/mol. The van der Waals surface area contributed by atoms with Gasteiger partial charge in [0.15, 0.2) is 0 Å². The van der Waals surface area contributed by atoms with Crippen LogP contribution in [0.25, 0.3) is 5.76 Å². The molecule has 1 saturated heterocycles. The van der Waals surface area contributed by atoms with Crippen LogP contribution in [0.4, 0.5) is 18.9 Å². The number of aliphatic hydroxyl groups excluding tert-OH is 1. The smallest absolute Gasteiger partial charge is 0.506 e. The molecule has 0 aromatic heterocycles. The number of methoxy groups -OCH3 is 2. The van der Waals surface area contributed by atoms with Crippen LogP contribution in [-0.2, 0) is 9.59 Å². The molecule has 0 spiro atoms. The topological polar surface area (TPSA) is 85.3 Å². The fourth-order valence-electron chi connectivity index (χ4n) is 4.28. The number of ether oxygens (including phenoxy) is 3. The molecule has 37 heavy (non-hydrogen) atoms. The van der Waals surface area contributed by atoms with Gasteiger partial charge in [0.2, 0.25) is 0 Å². The first-order valence-electron chi connectivity index (χ1n) is 11.0. The monoisotopic (exact) mass is 513 g/mol. The van der Waals surface area contributed by atoms with Crippen molar-refractivity contribution in [2.45, 2.75) is 19.3 Å². The van der Waals surface area contributed by atoms with Crippen molar-refractivity contribution >= 4 is 23.1 Å². The molecule has 7 nitrogen and oxygen atoms in total. The SMILES string of the molecule is COc1cccc(OC)c1/C(O)=C1\C(=O)C(=O)N(c2ccc(OC(F)(F)F)cc2)C1c1cccc(C)c1. The average molecular weight is 513 g/mol. The third-order valence-corrected chi connectivity index (χ3v) is 5.82. The van der Waals surface area contributed by atoms with Gasteiger partial charge in [0.05, 0.1) is 25.8 Å². The maximum atomic E-state index is 13.4. The number of hydrogen-bond donors (Lipinski definition) is 1. The molecule has 3 aromatic rings. The van der Waals surface area contributed by atoms with E-state index in [0.29, 0.717) is 5.56 Å². The molecule has 1 fully saturated rings. The second kappa shape index (κ2) is 9.88. The minimum atomic E-state index is -4.89. The standard InChI is InChI=1S/C27H22F3NO6/c1-15-6-4-7-16(14-15)23-22(24(32)21-19(35-2)8-5-9-20(21)36-3)25(33)26(34)31(23)17-10-12-18(13-11-17)37-27(28,29)30/h4-14,23,32H,1-3H3/b24-22+. The Bertz CT molecular complexity index is 1360. The highest BCUT2D eigenvalue weighted by Gasteiger charge is 2.47. The van der Waals surface area contributed by atoms with Crippen LogP contribution < -0.4 is 19.1 Å². The lowest BCUT2D eigenvalue weighted by atomic mass is 9.93. The summed E-state index contributed by atoms with van der Waals surface area (Å²) in [6.07, 6.45) is -4.89. The van der Waals surface area contributed by atoms with Gasteiger partial charge in [0, 0.05) is 5.69 Å². The van der Waals surface area contributed by atoms with E-state index in [9.17, 15) is 27.9 Å². The van der Waals surface area contributed by atoms with Crippen molar-refractivity contribution in [1.82, 2.24) is 0 Å². The van der Waals surface area contributed by atoms with E-state index in [1.165, 1.54) is 26.4 Å². The zero-order valence-electron chi connectivity index (χ0n) is 20.0. The molecule has 0 saturated carbocycles. The maximum Gasteiger partial charge on any atom is 0.573 e. The molecule has 1 atom stereocenters. The van der Waals surface area contributed by atoms with E-state index in [0.717, 1.165) is 22.6 Å². The van der Waals surface area contributed by atoms with Crippen molar-refractivity contribution in [3.63, 3.8) is 0 Å². The lowest BCUT2D eigenvalue weighted by Crippen LogP contribution is -2.29. The Labute approximate surface area is 210 Å². The Morgan fingerprint density at radius 1 is 0.919 bits per heavy atom. The Hall–Kier alpha value is -4.47. The number of carbonyl (C=O) groups is 2. The molecule has 0 radical (unpaired) electrons. The third-order valence-electron chi connectivity index (χ3n) is 5.82. The van der Waals surface area contributed by atoms with Gasteiger partial charge in [-0.1, -0.05) is 35.9 Å². The van der Waals surface area contributed by atoms with Crippen LogP contribution in [0.15, 0.2) is 72.3 Å². The van der Waals surface area contributed by atoms with Gasteiger partial charge in [0.25, 0.3) is 11.7 Å². The van der Waals surface area contributed by atoms with Crippen molar-refractivity contribution in [3.05, 3.63) is 89.0 Å². The molecule has 0 bridgehead atoms. The van der Waals surface area contributed by atoms with Crippen LogP contribution in [0.5, 0.6) is 17.2 Å². The van der Waals surface area contributed by atoms with Gasteiger partial charge in [-0.2, -0.15) is 0 Å². The number of Topliss-reactive ketones (excluding diaryl/α,β-unsaturated/α-hetero) is 1. The number of nitrogens with zero attached hydrogens (tertiary/aromatic N) is 1. The zero-order chi connectivity index (χ0) is 26.9. The first kappa shape index (κ1) is 25.6. The maximum absolute atomic E-state index is 13.4. The summed E-state index contributed by atoms with van der Waals surface area (Å²) in [7, 11) is 2.76. The lowest BCUT2D eigenvalue weighted by Gasteiger charge is -2.26. The van der Waals surface area contributed by atoms with Gasteiger partial charge >= 0.3 is 6.36 Å². The average Bonchev–Trinajstić information content (AvgIpc) is 3.13. The van der Waals surface area contributed by atoms with Crippen LogP contribution in [0.3, 0.4) is 0 Å². The van der Waals surface area contributed by atoms with Crippen molar-refractivity contribution in [1.29, 1.82) is 0 Å². The predicted octanol–water partition coefficient (Wildman–Crippen LogP) is 5.54. The van der Waals surface area contributed by atoms with Gasteiger partial charge in [-0.05, 0) is 48.9 Å². The highest BCUT2D eigenvalue weighted by molar-refractivity contribution is 6.51. The van der Waals surface area contributed by atoms with Gasteiger partial charge in [0.1, 0.15) is 28.6 Å². The van der Waals surface area contributed by atoms with Crippen LogP contribution in [0.2, 0.25) is 0 Å². The molecule has 1 amide bonds. The number of amides is 1. The third kappa shape index (κ3) is 4.95. The number of carbonyl (C=O) groups excluding carboxylic acids is 2. The number of alkyl halides is 3. The fourth-order valence-corrected chi connectivity index (χ4v) is 4.28. The molecule has 1 unspecified atom stereocenters. The van der Waals surface area contributed by atoms with Gasteiger partial charge in [-0.25, -0.2) is 0 Å². The molecule has 192 valence electrons. The number of aliphatic hydroxyl groups is 1. The van der Waals surface area contributed by atoms with Crippen LogP contribution in [0.1, 0.15) is 22.7 Å². The summed E-state index contributed by atoms with van der Waals surface area (Å²) in [5.74, 6) is -2.53. The quantitative estimate of drug-likeness (QED) is 0.265. The molecule has 1 aliphatic rings. The number of aryl methyl sites for hydroxylation is 1. The minimum Gasteiger partial charge on any atom is -0.506 e. The molecule has 1 heterocycles. The summed E-state index contributed by atoms with van der Waals surface area (Å²) in [6, 6.07) is 15.2. The molecule has 3 aromatic carbocycles. The highest BCUT2D eigenvalue weighted by atomic mass is 19.4. The molecule has 1 N–H and O–H groups in total. The summed E-state index contributed by atoms with van der Waals surface area (Å²) in [6.45, 7) is 1.82. The van der Waals surface area contributed by atoms with E-state index in [1.54, 1.807) is 36.4 Å². The van der Waals surface area contributed by atoms with Crippen molar-refractivity contribution in [2.75, 3.05) is 19.1 Å². The number of benzene rings is 3. The van der Waals surface area contributed by atoms with Gasteiger partial charge < -0.3 is 19.3 Å². The molecule has 10 heteroatoms. The second-order valence-electron chi connectivity index (χ2n) is 8.16. The Balaban J connectivity index is 1.93.